The molecule has 1 aromatic rings. The van der Waals surface area contributed by atoms with Crippen molar-refractivity contribution < 1.29 is 14.3 Å². The predicted octanol–water partition coefficient (Wildman–Crippen LogP) is 3.75. The largest absolute Gasteiger partial charge is 0.494 e. The number of benzene rings is 1. The Balaban J connectivity index is 1.65. The predicted molar refractivity (Wildman–Crippen MR) is 126 cm³/mol. The first-order valence-corrected chi connectivity index (χ1v) is 11.5. The Morgan fingerprint density at radius 1 is 1.26 bits per heavy atom. The van der Waals surface area contributed by atoms with Crippen molar-refractivity contribution in [2.75, 3.05) is 46.9 Å². The van der Waals surface area contributed by atoms with Crippen molar-refractivity contribution in [2.24, 2.45) is 11.3 Å². The maximum Gasteiger partial charge on any atom is 0.223 e. The standard InChI is InChI=1S/C24H38ClN3O3/c1-18-15-20(8-9-21(18)25)31-14-6-7-22(29)28-12-10-19(11-13-28)23(30)26-16-24(2,3)17-27(4)5/h8-9,15,19H,6-7,10-14,16-17H2,1-5H3,(H,26,30). The summed E-state index contributed by atoms with van der Waals surface area (Å²) in [6.45, 7) is 9.63. The van der Waals surface area contributed by atoms with Crippen LogP contribution in [0.15, 0.2) is 18.2 Å². The van der Waals surface area contributed by atoms with Crippen LogP contribution >= 0.6 is 11.6 Å². The van der Waals surface area contributed by atoms with Crippen LogP contribution < -0.4 is 10.1 Å². The lowest BCUT2D eigenvalue weighted by molar-refractivity contribution is -0.135. The Labute approximate surface area is 192 Å². The number of hydrogen-bond acceptors (Lipinski definition) is 4. The maximum atomic E-state index is 12.5. The van der Waals surface area contributed by atoms with Gasteiger partial charge in [-0.2, -0.15) is 0 Å². The van der Waals surface area contributed by atoms with Crippen molar-refractivity contribution in [1.82, 2.24) is 15.1 Å². The molecule has 6 nitrogen and oxygen atoms in total. The molecule has 0 radical (unpaired) electrons. The van der Waals surface area contributed by atoms with Crippen LogP contribution in [0.4, 0.5) is 0 Å². The summed E-state index contributed by atoms with van der Waals surface area (Å²) in [5.74, 6) is 1.03. The molecule has 1 aliphatic heterocycles. The molecule has 1 aromatic carbocycles. The van der Waals surface area contributed by atoms with Crippen LogP contribution in [0.3, 0.4) is 0 Å². The zero-order valence-electron chi connectivity index (χ0n) is 19.7. The van der Waals surface area contributed by atoms with Gasteiger partial charge in [0.25, 0.3) is 0 Å². The molecule has 0 bridgehead atoms. The summed E-state index contributed by atoms with van der Waals surface area (Å²) in [6.07, 6.45) is 2.59. The van der Waals surface area contributed by atoms with Crippen molar-refractivity contribution >= 4 is 23.4 Å². The van der Waals surface area contributed by atoms with Gasteiger partial charge in [0.2, 0.25) is 11.8 Å². The fourth-order valence-electron chi connectivity index (χ4n) is 4.05. The summed E-state index contributed by atoms with van der Waals surface area (Å²) >= 11 is 6.02. The number of nitrogens with one attached hydrogen (secondary N) is 1. The van der Waals surface area contributed by atoms with Gasteiger partial charge in [-0.3, -0.25) is 9.59 Å². The third kappa shape index (κ3) is 8.69. The first-order chi connectivity index (χ1) is 14.6. The number of rotatable bonds is 10. The normalized spacial score (nSPS) is 15.3. The number of hydrogen-bond donors (Lipinski definition) is 1. The fourth-order valence-corrected chi connectivity index (χ4v) is 4.17. The number of aryl methyl sites for hydroxylation is 1. The lowest BCUT2D eigenvalue weighted by atomic mass is 9.91. The van der Waals surface area contributed by atoms with E-state index in [4.69, 9.17) is 16.3 Å². The van der Waals surface area contributed by atoms with E-state index in [1.165, 1.54) is 0 Å². The second kappa shape index (κ2) is 11.7. The molecular weight excluding hydrogens is 414 g/mol. The third-order valence-electron chi connectivity index (χ3n) is 5.64. The van der Waals surface area contributed by atoms with Crippen molar-refractivity contribution in [3.8, 4) is 5.75 Å². The van der Waals surface area contributed by atoms with Crippen molar-refractivity contribution in [3.63, 3.8) is 0 Å². The summed E-state index contributed by atoms with van der Waals surface area (Å²) in [6, 6.07) is 5.57. The van der Waals surface area contributed by atoms with E-state index in [1.54, 1.807) is 0 Å². The number of halogens is 1. The van der Waals surface area contributed by atoms with Crippen LogP contribution in [-0.2, 0) is 9.59 Å². The van der Waals surface area contributed by atoms with Gasteiger partial charge < -0.3 is 19.9 Å². The van der Waals surface area contributed by atoms with Crippen LogP contribution in [0.5, 0.6) is 5.75 Å². The highest BCUT2D eigenvalue weighted by Gasteiger charge is 2.28. The molecule has 7 heteroatoms. The molecule has 174 valence electrons. The number of nitrogens with zero attached hydrogens (tertiary/aromatic N) is 2. The second-order valence-corrected chi connectivity index (χ2v) is 10.0. The quantitative estimate of drug-likeness (QED) is 0.550. The Bertz CT molecular complexity index is 744. The number of likely N-dealkylation sites (tertiary alicyclic amines) is 1. The summed E-state index contributed by atoms with van der Waals surface area (Å²) in [4.78, 5) is 29.1. The van der Waals surface area contributed by atoms with Crippen molar-refractivity contribution in [1.29, 1.82) is 0 Å². The Morgan fingerprint density at radius 3 is 2.55 bits per heavy atom. The van der Waals surface area contributed by atoms with Crippen LogP contribution in [-0.4, -0.2) is 68.5 Å². The smallest absolute Gasteiger partial charge is 0.223 e. The van der Waals surface area contributed by atoms with Crippen molar-refractivity contribution in [2.45, 2.75) is 46.5 Å². The molecule has 2 amide bonds. The highest BCUT2D eigenvalue weighted by atomic mass is 35.5. The zero-order valence-corrected chi connectivity index (χ0v) is 20.4. The Morgan fingerprint density at radius 2 is 1.94 bits per heavy atom. The van der Waals surface area contributed by atoms with Gasteiger partial charge in [0, 0.05) is 43.5 Å². The topological polar surface area (TPSA) is 61.9 Å². The van der Waals surface area contributed by atoms with Crippen LogP contribution in [0.1, 0.15) is 45.1 Å². The maximum absolute atomic E-state index is 12.5. The second-order valence-electron chi connectivity index (χ2n) is 9.64. The molecule has 0 unspecified atom stereocenters. The van der Waals surface area contributed by atoms with Gasteiger partial charge in [0.05, 0.1) is 6.61 Å². The minimum atomic E-state index is -0.00400. The van der Waals surface area contributed by atoms with Crippen LogP contribution in [0.2, 0.25) is 5.02 Å². The molecule has 0 atom stereocenters. The molecule has 1 aliphatic rings. The molecule has 0 spiro atoms. The van der Waals surface area contributed by atoms with Crippen LogP contribution in [0, 0.1) is 18.3 Å². The first-order valence-electron chi connectivity index (χ1n) is 11.2. The lowest BCUT2D eigenvalue weighted by Gasteiger charge is -2.33. The van der Waals surface area contributed by atoms with E-state index < -0.39 is 0 Å². The van der Waals surface area contributed by atoms with Crippen LogP contribution in [0.25, 0.3) is 0 Å². The van der Waals surface area contributed by atoms with Gasteiger partial charge >= 0.3 is 0 Å². The van der Waals surface area contributed by atoms with E-state index in [-0.39, 0.29) is 23.1 Å². The Kier molecular flexibility index (Phi) is 9.63. The highest BCUT2D eigenvalue weighted by Crippen LogP contribution is 2.22. The highest BCUT2D eigenvalue weighted by molar-refractivity contribution is 6.31. The van der Waals surface area contributed by atoms with E-state index >= 15 is 0 Å². The molecule has 0 aromatic heterocycles. The van der Waals surface area contributed by atoms with Gasteiger partial charge in [0.1, 0.15) is 5.75 Å². The molecule has 31 heavy (non-hydrogen) atoms. The van der Waals surface area contributed by atoms with Gasteiger partial charge in [0.15, 0.2) is 0 Å². The summed E-state index contributed by atoms with van der Waals surface area (Å²) in [5, 5.41) is 3.83. The molecular formula is C24H38ClN3O3. The lowest BCUT2D eigenvalue weighted by Crippen LogP contribution is -2.46. The molecule has 0 saturated carbocycles. The Hall–Kier alpha value is -1.79. The summed E-state index contributed by atoms with van der Waals surface area (Å²) < 4.78 is 5.72. The summed E-state index contributed by atoms with van der Waals surface area (Å²) in [5.41, 5.74) is 1.01. The average Bonchev–Trinajstić information content (AvgIpc) is 2.71. The summed E-state index contributed by atoms with van der Waals surface area (Å²) in [7, 11) is 4.09. The van der Waals surface area contributed by atoms with E-state index in [0.29, 0.717) is 39.1 Å². The number of carbonyl (C=O) groups is 2. The monoisotopic (exact) mass is 451 g/mol. The molecule has 2 rings (SSSR count). The number of amides is 2. The third-order valence-corrected chi connectivity index (χ3v) is 6.06. The van der Waals surface area contributed by atoms with E-state index in [9.17, 15) is 9.59 Å². The molecule has 1 heterocycles. The molecule has 1 fully saturated rings. The fraction of sp³-hybridized carbons (Fsp3) is 0.667. The van der Waals surface area contributed by atoms with Gasteiger partial charge in [-0.15, -0.1) is 0 Å². The van der Waals surface area contributed by atoms with Crippen molar-refractivity contribution in [3.05, 3.63) is 28.8 Å². The minimum Gasteiger partial charge on any atom is -0.494 e. The first kappa shape index (κ1) is 25.5. The van der Waals surface area contributed by atoms with E-state index in [1.807, 2.05) is 44.1 Å². The number of carbonyl (C=O) groups excluding carboxylic acids is 2. The SMILES string of the molecule is Cc1cc(OCCCC(=O)N2CCC(C(=O)NCC(C)(C)CN(C)C)CC2)ccc1Cl. The number of ether oxygens (including phenoxy) is 1. The van der Waals surface area contributed by atoms with Gasteiger partial charge in [-0.25, -0.2) is 0 Å². The average molecular weight is 452 g/mol. The minimum absolute atomic E-state index is 0.00400. The zero-order chi connectivity index (χ0) is 23.0. The van der Waals surface area contributed by atoms with Gasteiger partial charge in [-0.05, 0) is 69.5 Å². The molecule has 1 N–H and O–H groups in total. The van der Waals surface area contributed by atoms with E-state index in [2.05, 4.69) is 24.1 Å². The number of piperidine rings is 1. The molecule has 1 saturated heterocycles. The van der Waals surface area contributed by atoms with Gasteiger partial charge in [-0.1, -0.05) is 25.4 Å². The van der Waals surface area contributed by atoms with E-state index in [0.717, 1.165) is 35.7 Å². The molecule has 0 aliphatic carbocycles.